The van der Waals surface area contributed by atoms with E-state index in [1.54, 1.807) is 18.4 Å². The van der Waals surface area contributed by atoms with Crippen LogP contribution in [-0.4, -0.2) is 55.3 Å². The van der Waals surface area contributed by atoms with Gasteiger partial charge in [-0.15, -0.1) is 11.3 Å². The predicted molar refractivity (Wildman–Crippen MR) is 184 cm³/mol. The third-order valence-corrected chi connectivity index (χ3v) is 9.63. The molecule has 0 bridgehead atoms. The molecule has 2 aromatic carbocycles. The largest absolute Gasteiger partial charge is 0.493 e. The molecule has 1 saturated heterocycles. The van der Waals surface area contributed by atoms with Gasteiger partial charge in [0.2, 0.25) is 0 Å². The molecule has 0 amide bonds. The van der Waals surface area contributed by atoms with Crippen LogP contribution in [0, 0.1) is 6.92 Å². The topological polar surface area (TPSA) is 71.5 Å². The van der Waals surface area contributed by atoms with Gasteiger partial charge in [-0.3, -0.25) is 0 Å². The average Bonchev–Trinajstić information content (AvgIpc) is 3.53. The zero-order valence-corrected chi connectivity index (χ0v) is 27.8. The van der Waals surface area contributed by atoms with Crippen LogP contribution in [0.4, 0.5) is 5.82 Å². The molecule has 2 N–H and O–H groups in total. The predicted octanol–water partition coefficient (Wildman–Crippen LogP) is 8.38. The second-order valence-corrected chi connectivity index (χ2v) is 12.9. The van der Waals surface area contributed by atoms with Crippen molar-refractivity contribution in [1.82, 2.24) is 20.2 Å². The first-order valence-electron chi connectivity index (χ1n) is 16.3. The zero-order chi connectivity index (χ0) is 30.7. The van der Waals surface area contributed by atoms with Crippen molar-refractivity contribution in [2.75, 3.05) is 45.7 Å². The molecule has 0 radical (unpaired) electrons. The molecule has 7 nitrogen and oxygen atoms in total. The second kappa shape index (κ2) is 16.2. The second-order valence-electron chi connectivity index (χ2n) is 11.9. The number of methoxy groups -OCH3 is 1. The van der Waals surface area contributed by atoms with Gasteiger partial charge >= 0.3 is 0 Å². The molecule has 3 heterocycles. The lowest BCUT2D eigenvalue weighted by molar-refractivity contribution is 0.223. The van der Waals surface area contributed by atoms with E-state index in [-0.39, 0.29) is 6.04 Å². The molecule has 44 heavy (non-hydrogen) atoms. The summed E-state index contributed by atoms with van der Waals surface area (Å²) in [4.78, 5) is 13.4. The van der Waals surface area contributed by atoms with Gasteiger partial charge in [0.15, 0.2) is 11.5 Å². The molecular formula is C36H49N5O2S. The van der Waals surface area contributed by atoms with E-state index in [0.717, 1.165) is 41.3 Å². The monoisotopic (exact) mass is 615 g/mol. The van der Waals surface area contributed by atoms with Crippen molar-refractivity contribution in [3.63, 3.8) is 0 Å². The Morgan fingerprint density at radius 3 is 2.57 bits per heavy atom. The number of anilines is 1. The van der Waals surface area contributed by atoms with E-state index in [1.165, 1.54) is 86.1 Å². The van der Waals surface area contributed by atoms with Crippen LogP contribution in [0.25, 0.3) is 22.0 Å². The lowest BCUT2D eigenvalue weighted by Gasteiger charge is -2.26. The van der Waals surface area contributed by atoms with E-state index in [0.29, 0.717) is 12.4 Å². The highest BCUT2D eigenvalue weighted by Crippen LogP contribution is 2.37. The first kappa shape index (κ1) is 32.2. The van der Waals surface area contributed by atoms with Crippen LogP contribution in [0.5, 0.6) is 11.5 Å². The van der Waals surface area contributed by atoms with E-state index in [2.05, 4.69) is 58.2 Å². The molecule has 0 aliphatic carbocycles. The number of piperidine rings is 1. The summed E-state index contributed by atoms with van der Waals surface area (Å²) in [6, 6.07) is 14.9. The number of hydrogen-bond donors (Lipinski definition) is 2. The lowest BCUT2D eigenvalue weighted by atomic mass is 10.0. The third-order valence-electron chi connectivity index (χ3n) is 8.51. The van der Waals surface area contributed by atoms with Gasteiger partial charge in [-0.2, -0.15) is 0 Å². The molecule has 0 unspecified atom stereocenters. The molecular weight excluding hydrogens is 566 g/mol. The number of hydrogen-bond acceptors (Lipinski definition) is 8. The minimum atomic E-state index is 0.0736. The van der Waals surface area contributed by atoms with Gasteiger partial charge in [0.25, 0.3) is 0 Å². The average molecular weight is 616 g/mol. The number of rotatable bonds is 16. The molecule has 0 saturated carbocycles. The normalized spacial score (nSPS) is 14.5. The van der Waals surface area contributed by atoms with Crippen molar-refractivity contribution in [3.8, 4) is 22.6 Å². The maximum atomic E-state index is 6.22. The standard InChI is InChI=1S/C36H49N5O2S/c1-26(35-21-29(25-44-35)30-16-10-9-15-28(30)24-37-3)38-36-31-22-33(42-4)34(23-32(31)39-27(2)40-36)43-20-14-7-5-6-11-17-41-18-12-8-13-19-41/h9-10,15-16,21-23,25-26,37H,5-8,11-14,17-20,24H2,1-4H3,(H,38,39,40)/t26-/m0/s1. The van der Waals surface area contributed by atoms with E-state index in [1.807, 2.05) is 26.1 Å². The summed E-state index contributed by atoms with van der Waals surface area (Å²) in [6.07, 6.45) is 10.3. The third kappa shape index (κ3) is 8.49. The molecule has 8 heteroatoms. The number of thiophene rings is 1. The summed E-state index contributed by atoms with van der Waals surface area (Å²) in [5.41, 5.74) is 4.67. The van der Waals surface area contributed by atoms with E-state index >= 15 is 0 Å². The Hall–Kier alpha value is -3.20. The SMILES string of the molecule is CNCc1ccccc1-c1csc([C@H](C)Nc2nc(C)nc3cc(OCCCCCCCN4CCCCC4)c(OC)cc23)c1. The van der Waals surface area contributed by atoms with Crippen LogP contribution < -0.4 is 20.1 Å². The van der Waals surface area contributed by atoms with Gasteiger partial charge in [0, 0.05) is 22.9 Å². The molecule has 4 aromatic rings. The summed E-state index contributed by atoms with van der Waals surface area (Å²) >= 11 is 1.77. The molecule has 2 aromatic heterocycles. The Bertz CT molecular complexity index is 1480. The Morgan fingerprint density at radius 1 is 0.955 bits per heavy atom. The minimum absolute atomic E-state index is 0.0736. The van der Waals surface area contributed by atoms with Crippen molar-refractivity contribution >= 4 is 28.1 Å². The number of unbranched alkanes of at least 4 members (excludes halogenated alkanes) is 4. The van der Waals surface area contributed by atoms with E-state index in [4.69, 9.17) is 19.4 Å². The highest BCUT2D eigenvalue weighted by molar-refractivity contribution is 7.10. The fourth-order valence-corrected chi connectivity index (χ4v) is 7.03. The molecule has 1 atom stereocenters. The first-order valence-corrected chi connectivity index (χ1v) is 17.2. The number of likely N-dealkylation sites (tertiary alicyclic amines) is 1. The van der Waals surface area contributed by atoms with Crippen LogP contribution >= 0.6 is 11.3 Å². The molecule has 0 spiro atoms. The van der Waals surface area contributed by atoms with Gasteiger partial charge in [0.1, 0.15) is 11.6 Å². The first-order chi connectivity index (χ1) is 21.6. The Balaban J connectivity index is 1.19. The van der Waals surface area contributed by atoms with Gasteiger partial charge in [0.05, 0.1) is 25.3 Å². The van der Waals surface area contributed by atoms with Crippen molar-refractivity contribution in [1.29, 1.82) is 0 Å². The molecule has 236 valence electrons. The van der Waals surface area contributed by atoms with Crippen LogP contribution in [0.3, 0.4) is 0 Å². The maximum Gasteiger partial charge on any atom is 0.163 e. The number of nitrogens with one attached hydrogen (secondary N) is 2. The fourth-order valence-electron chi connectivity index (χ4n) is 6.11. The summed E-state index contributed by atoms with van der Waals surface area (Å²) < 4.78 is 12.0. The number of aryl methyl sites for hydroxylation is 1. The molecule has 1 aliphatic heterocycles. The highest BCUT2D eigenvalue weighted by Gasteiger charge is 2.17. The quantitative estimate of drug-likeness (QED) is 0.123. The van der Waals surface area contributed by atoms with Crippen molar-refractivity contribution in [3.05, 3.63) is 64.1 Å². The molecule has 1 aliphatic rings. The molecule has 5 rings (SSSR count). The van der Waals surface area contributed by atoms with Crippen molar-refractivity contribution in [2.24, 2.45) is 0 Å². The summed E-state index contributed by atoms with van der Waals surface area (Å²) in [5, 5.41) is 10.1. The number of aromatic nitrogens is 2. The number of nitrogens with zero attached hydrogens (tertiary/aromatic N) is 3. The smallest absolute Gasteiger partial charge is 0.163 e. The number of ether oxygens (including phenoxy) is 2. The Morgan fingerprint density at radius 2 is 1.75 bits per heavy atom. The van der Waals surface area contributed by atoms with Crippen LogP contribution in [0.2, 0.25) is 0 Å². The van der Waals surface area contributed by atoms with Crippen LogP contribution in [-0.2, 0) is 6.54 Å². The maximum absolute atomic E-state index is 6.22. The minimum Gasteiger partial charge on any atom is -0.493 e. The van der Waals surface area contributed by atoms with E-state index in [9.17, 15) is 0 Å². The number of fused-ring (bicyclic) bond motifs is 1. The summed E-state index contributed by atoms with van der Waals surface area (Å²) in [6.45, 7) is 9.50. The zero-order valence-electron chi connectivity index (χ0n) is 27.0. The van der Waals surface area contributed by atoms with Gasteiger partial charge < -0.3 is 25.0 Å². The molecule has 1 fully saturated rings. The van der Waals surface area contributed by atoms with Gasteiger partial charge in [-0.1, -0.05) is 49.9 Å². The summed E-state index contributed by atoms with van der Waals surface area (Å²) in [7, 11) is 3.68. The highest BCUT2D eigenvalue weighted by atomic mass is 32.1. The van der Waals surface area contributed by atoms with Gasteiger partial charge in [-0.25, -0.2) is 9.97 Å². The van der Waals surface area contributed by atoms with Crippen molar-refractivity contribution < 1.29 is 9.47 Å². The van der Waals surface area contributed by atoms with Crippen molar-refractivity contribution in [2.45, 2.75) is 77.8 Å². The Kier molecular flexibility index (Phi) is 11.9. The summed E-state index contributed by atoms with van der Waals surface area (Å²) in [5.74, 6) is 2.98. The van der Waals surface area contributed by atoms with Crippen LogP contribution in [0.15, 0.2) is 47.8 Å². The van der Waals surface area contributed by atoms with Crippen LogP contribution in [0.1, 0.15) is 80.6 Å². The fraction of sp³-hybridized carbons (Fsp3) is 0.500. The van der Waals surface area contributed by atoms with E-state index < -0.39 is 0 Å². The lowest BCUT2D eigenvalue weighted by Crippen LogP contribution is -2.30. The van der Waals surface area contributed by atoms with Gasteiger partial charge in [-0.05, 0) is 100 Å². The number of benzene rings is 2. The Labute approximate surface area is 267 Å².